The summed E-state index contributed by atoms with van der Waals surface area (Å²) in [7, 11) is -4.14. The largest absolute Gasteiger partial charge is 0.356 e. The Morgan fingerprint density at radius 1 is 1.31 bits per heavy atom. The van der Waals surface area contributed by atoms with Crippen LogP contribution in [0.5, 0.6) is 0 Å². The molecule has 0 saturated carbocycles. The summed E-state index contributed by atoms with van der Waals surface area (Å²) in [5, 5.41) is 0.0769. The average molecular weight is 198 g/mol. The second-order valence-corrected chi connectivity index (χ2v) is 4.15. The monoisotopic (exact) mass is 198 g/mol. The van der Waals surface area contributed by atoms with Crippen LogP contribution in [-0.4, -0.2) is 9.79 Å². The van der Waals surface area contributed by atoms with Crippen molar-refractivity contribution in [2.24, 2.45) is 0 Å². The zero-order valence-corrected chi connectivity index (χ0v) is 8.11. The zero-order valence-electron chi connectivity index (χ0n) is 7.21. The van der Waals surface area contributed by atoms with Crippen LogP contribution in [-0.2, 0) is 4.57 Å². The summed E-state index contributed by atoms with van der Waals surface area (Å²) in [6, 6.07) is 8.64. The van der Waals surface area contributed by atoms with Crippen molar-refractivity contribution in [3.63, 3.8) is 0 Å². The molecule has 0 amide bonds. The molecule has 0 heterocycles. The van der Waals surface area contributed by atoms with E-state index in [9.17, 15) is 4.57 Å². The molecule has 0 aliphatic carbocycles. The highest BCUT2D eigenvalue weighted by atomic mass is 31.2. The lowest BCUT2D eigenvalue weighted by molar-refractivity contribution is 0.388. The van der Waals surface area contributed by atoms with Gasteiger partial charge in [0, 0.05) is 0 Å². The zero-order chi connectivity index (χ0) is 9.90. The molecule has 1 aromatic carbocycles. The van der Waals surface area contributed by atoms with E-state index in [1.165, 1.54) is 6.08 Å². The fourth-order valence-corrected chi connectivity index (χ4v) is 1.93. The Hall–Kier alpha value is -0.890. The third-order valence-corrected chi connectivity index (χ3v) is 2.80. The van der Waals surface area contributed by atoms with Crippen molar-refractivity contribution in [1.29, 1.82) is 0 Å². The van der Waals surface area contributed by atoms with E-state index in [2.05, 4.69) is 0 Å². The molecule has 0 bridgehead atoms. The maximum absolute atomic E-state index is 11.0. The van der Waals surface area contributed by atoms with Gasteiger partial charge in [0.05, 0.1) is 5.31 Å². The molecule has 4 heteroatoms. The van der Waals surface area contributed by atoms with Crippen molar-refractivity contribution in [3.05, 3.63) is 42.0 Å². The van der Waals surface area contributed by atoms with Gasteiger partial charge in [-0.25, -0.2) is 0 Å². The van der Waals surface area contributed by atoms with Gasteiger partial charge in [0.2, 0.25) is 0 Å². The van der Waals surface area contributed by atoms with Gasteiger partial charge in [-0.3, -0.25) is 4.57 Å². The predicted molar refractivity (Wildman–Crippen MR) is 52.1 cm³/mol. The molecule has 2 N–H and O–H groups in total. The highest BCUT2D eigenvalue weighted by molar-refractivity contribution is 7.63. The lowest BCUT2D eigenvalue weighted by atomic mass is 10.2. The SMILES string of the molecule is C/C=C(\c1ccccc1)P(=O)(O)O. The standard InChI is InChI=1S/C9H11O3P/c1-2-9(13(10,11)12)8-6-4-3-5-7-8/h2-7H,1H3,(H2,10,11,12)/b9-2+. The maximum atomic E-state index is 11.0. The summed E-state index contributed by atoms with van der Waals surface area (Å²) in [6.45, 7) is 1.61. The van der Waals surface area contributed by atoms with E-state index in [0.29, 0.717) is 5.56 Å². The van der Waals surface area contributed by atoms with E-state index in [4.69, 9.17) is 9.79 Å². The first-order chi connectivity index (χ1) is 6.05. The molecule has 0 saturated heterocycles. The minimum absolute atomic E-state index is 0.0769. The molecule has 13 heavy (non-hydrogen) atoms. The minimum atomic E-state index is -4.14. The predicted octanol–water partition coefficient (Wildman–Crippen LogP) is 2.23. The molecular weight excluding hydrogens is 187 g/mol. The highest BCUT2D eigenvalue weighted by Gasteiger charge is 2.20. The Morgan fingerprint density at radius 3 is 2.23 bits per heavy atom. The van der Waals surface area contributed by atoms with Crippen molar-refractivity contribution in [3.8, 4) is 0 Å². The minimum Gasteiger partial charge on any atom is -0.321 e. The van der Waals surface area contributed by atoms with Gasteiger partial charge in [0.15, 0.2) is 0 Å². The quantitative estimate of drug-likeness (QED) is 0.716. The first-order valence-corrected chi connectivity index (χ1v) is 5.45. The molecule has 0 spiro atoms. The van der Waals surface area contributed by atoms with Gasteiger partial charge in [0.25, 0.3) is 0 Å². The van der Waals surface area contributed by atoms with Crippen LogP contribution >= 0.6 is 7.60 Å². The molecule has 0 radical (unpaired) electrons. The van der Waals surface area contributed by atoms with Crippen LogP contribution in [0.3, 0.4) is 0 Å². The topological polar surface area (TPSA) is 57.5 Å². The first-order valence-electron chi connectivity index (χ1n) is 3.83. The third kappa shape index (κ3) is 2.52. The van der Waals surface area contributed by atoms with Crippen LogP contribution in [0.4, 0.5) is 0 Å². The third-order valence-electron chi connectivity index (χ3n) is 1.66. The molecule has 0 aromatic heterocycles. The second-order valence-electron chi connectivity index (χ2n) is 2.58. The highest BCUT2D eigenvalue weighted by Crippen LogP contribution is 2.50. The van der Waals surface area contributed by atoms with E-state index in [0.717, 1.165) is 0 Å². The van der Waals surface area contributed by atoms with E-state index >= 15 is 0 Å². The first kappa shape index (κ1) is 10.2. The molecule has 1 rings (SSSR count). The van der Waals surface area contributed by atoms with Gasteiger partial charge < -0.3 is 9.79 Å². The molecule has 0 unspecified atom stereocenters. The van der Waals surface area contributed by atoms with Crippen LogP contribution < -0.4 is 0 Å². The van der Waals surface area contributed by atoms with E-state index < -0.39 is 7.60 Å². The van der Waals surface area contributed by atoms with Crippen LogP contribution in [0.1, 0.15) is 12.5 Å². The van der Waals surface area contributed by atoms with Gasteiger partial charge in [-0.05, 0) is 12.5 Å². The summed E-state index contributed by atoms with van der Waals surface area (Å²) < 4.78 is 11.0. The Bertz CT molecular complexity index is 350. The van der Waals surface area contributed by atoms with Gasteiger partial charge in [-0.2, -0.15) is 0 Å². The lowest BCUT2D eigenvalue weighted by Gasteiger charge is -2.08. The number of rotatable bonds is 2. The normalized spacial score (nSPS) is 13.0. The van der Waals surface area contributed by atoms with Crippen molar-refractivity contribution in [2.45, 2.75) is 6.92 Å². The van der Waals surface area contributed by atoms with Crippen molar-refractivity contribution >= 4 is 12.9 Å². The summed E-state index contributed by atoms with van der Waals surface area (Å²) in [4.78, 5) is 17.9. The average Bonchev–Trinajstić information content (AvgIpc) is 2.05. The van der Waals surface area contributed by atoms with Gasteiger partial charge in [-0.15, -0.1) is 0 Å². The lowest BCUT2D eigenvalue weighted by Crippen LogP contribution is -1.85. The van der Waals surface area contributed by atoms with Crippen molar-refractivity contribution in [1.82, 2.24) is 0 Å². The molecule has 0 aliphatic rings. The number of hydrogen-bond acceptors (Lipinski definition) is 1. The van der Waals surface area contributed by atoms with Gasteiger partial charge in [0.1, 0.15) is 0 Å². The Kier molecular flexibility index (Phi) is 3.04. The summed E-state index contributed by atoms with van der Waals surface area (Å²) in [5.41, 5.74) is 0.568. The fourth-order valence-electron chi connectivity index (χ4n) is 1.11. The molecular formula is C9H11O3P. The van der Waals surface area contributed by atoms with Crippen LogP contribution in [0.2, 0.25) is 0 Å². The smallest absolute Gasteiger partial charge is 0.321 e. The molecule has 0 fully saturated rings. The van der Waals surface area contributed by atoms with Crippen LogP contribution in [0.15, 0.2) is 36.4 Å². The number of hydrogen-bond donors (Lipinski definition) is 2. The Morgan fingerprint density at radius 2 is 1.85 bits per heavy atom. The molecule has 70 valence electrons. The number of allylic oxidation sites excluding steroid dienone is 1. The maximum Gasteiger partial charge on any atom is 0.356 e. The van der Waals surface area contributed by atoms with Crippen LogP contribution in [0.25, 0.3) is 5.31 Å². The van der Waals surface area contributed by atoms with E-state index in [1.807, 2.05) is 0 Å². The van der Waals surface area contributed by atoms with E-state index in [-0.39, 0.29) is 5.31 Å². The fraction of sp³-hybridized carbons (Fsp3) is 0.111. The number of benzene rings is 1. The van der Waals surface area contributed by atoms with Crippen molar-refractivity contribution < 1.29 is 14.4 Å². The second kappa shape index (κ2) is 3.88. The van der Waals surface area contributed by atoms with E-state index in [1.54, 1.807) is 37.3 Å². The van der Waals surface area contributed by atoms with Gasteiger partial charge in [-0.1, -0.05) is 36.4 Å². The summed E-state index contributed by atoms with van der Waals surface area (Å²) in [5.74, 6) is 0. The Balaban J connectivity index is 3.15. The van der Waals surface area contributed by atoms with Gasteiger partial charge >= 0.3 is 7.60 Å². The molecule has 0 atom stereocenters. The summed E-state index contributed by atoms with van der Waals surface area (Å²) >= 11 is 0. The van der Waals surface area contributed by atoms with Crippen LogP contribution in [0, 0.1) is 0 Å². The summed E-state index contributed by atoms with van der Waals surface area (Å²) in [6.07, 6.45) is 1.44. The Labute approximate surface area is 76.9 Å². The molecule has 3 nitrogen and oxygen atoms in total. The van der Waals surface area contributed by atoms with Crippen molar-refractivity contribution in [2.75, 3.05) is 0 Å². The molecule has 1 aromatic rings. The molecule has 0 aliphatic heterocycles.